The van der Waals surface area contributed by atoms with Crippen LogP contribution < -0.4 is 0 Å². The van der Waals surface area contributed by atoms with E-state index in [1.54, 1.807) is 0 Å². The third-order valence-corrected chi connectivity index (χ3v) is 3.34. The highest BCUT2D eigenvalue weighted by molar-refractivity contribution is 5.81. The van der Waals surface area contributed by atoms with Crippen molar-refractivity contribution in [3.63, 3.8) is 0 Å². The van der Waals surface area contributed by atoms with Crippen LogP contribution in [0.15, 0.2) is 0 Å². The van der Waals surface area contributed by atoms with Crippen molar-refractivity contribution in [3.8, 4) is 0 Å². The molecule has 0 heterocycles. The Bertz CT molecular complexity index is 203. The Morgan fingerprint density at radius 1 is 1.53 bits per heavy atom. The van der Waals surface area contributed by atoms with Crippen LogP contribution in [0.2, 0.25) is 0 Å². The highest BCUT2D eigenvalue weighted by atomic mass is 16.3. The minimum atomic E-state index is -0.723. The third kappa shape index (κ3) is 3.92. The second-order valence-electron chi connectivity index (χ2n) is 4.66. The number of aliphatic hydroxyl groups is 2. The van der Waals surface area contributed by atoms with E-state index < -0.39 is 6.10 Å². The molecule has 1 saturated carbocycles. The summed E-state index contributed by atoms with van der Waals surface area (Å²) in [6.07, 6.45) is 4.64. The molecule has 1 rings (SSSR count). The van der Waals surface area contributed by atoms with E-state index in [9.17, 15) is 9.90 Å². The Morgan fingerprint density at radius 3 is 2.87 bits per heavy atom. The van der Waals surface area contributed by atoms with Crippen LogP contribution in [0.1, 0.15) is 45.4 Å². The monoisotopic (exact) mass is 214 g/mol. The Morgan fingerprint density at radius 2 is 2.27 bits per heavy atom. The average Bonchev–Trinajstić information content (AvgIpc) is 2.23. The van der Waals surface area contributed by atoms with Gasteiger partial charge in [0.25, 0.3) is 0 Å². The maximum absolute atomic E-state index is 11.6. The van der Waals surface area contributed by atoms with Gasteiger partial charge in [0.15, 0.2) is 0 Å². The van der Waals surface area contributed by atoms with Gasteiger partial charge >= 0.3 is 0 Å². The van der Waals surface area contributed by atoms with Crippen molar-refractivity contribution in [2.24, 2.45) is 11.8 Å². The van der Waals surface area contributed by atoms with Gasteiger partial charge in [-0.2, -0.15) is 0 Å². The molecule has 1 aliphatic rings. The van der Waals surface area contributed by atoms with E-state index in [0.717, 1.165) is 19.3 Å². The van der Waals surface area contributed by atoms with Crippen LogP contribution in [0.25, 0.3) is 0 Å². The number of carbonyl (C=O) groups excluding carboxylic acids is 1. The number of Topliss-reactive ketones (excluding diaryl/α,β-unsaturated/α-hetero) is 1. The molecule has 3 atom stereocenters. The van der Waals surface area contributed by atoms with Gasteiger partial charge in [0, 0.05) is 12.3 Å². The molecule has 0 aromatic rings. The Hall–Kier alpha value is -0.410. The zero-order valence-corrected chi connectivity index (χ0v) is 9.48. The van der Waals surface area contributed by atoms with E-state index in [4.69, 9.17) is 5.11 Å². The highest BCUT2D eigenvalue weighted by Gasteiger charge is 2.29. The normalized spacial score (nSPS) is 29.1. The molecule has 0 aromatic heterocycles. The van der Waals surface area contributed by atoms with Crippen molar-refractivity contribution in [3.05, 3.63) is 0 Å². The number of ketones is 1. The van der Waals surface area contributed by atoms with Gasteiger partial charge in [0.1, 0.15) is 5.78 Å². The minimum Gasteiger partial charge on any atom is -0.394 e. The molecular weight excluding hydrogens is 192 g/mol. The lowest BCUT2D eigenvalue weighted by Crippen LogP contribution is -2.29. The zero-order chi connectivity index (χ0) is 11.3. The number of hydrogen-bond acceptors (Lipinski definition) is 3. The van der Waals surface area contributed by atoms with Gasteiger partial charge in [-0.15, -0.1) is 0 Å². The highest BCUT2D eigenvalue weighted by Crippen LogP contribution is 2.32. The molecule has 1 fully saturated rings. The van der Waals surface area contributed by atoms with Gasteiger partial charge in [-0.3, -0.25) is 4.79 Å². The van der Waals surface area contributed by atoms with Crippen molar-refractivity contribution in [1.82, 2.24) is 0 Å². The van der Waals surface area contributed by atoms with Crippen LogP contribution in [-0.2, 0) is 4.79 Å². The van der Waals surface area contributed by atoms with Gasteiger partial charge in [0.2, 0.25) is 0 Å². The molecule has 0 aliphatic heterocycles. The second kappa shape index (κ2) is 6.23. The molecular formula is C12H22O3. The van der Waals surface area contributed by atoms with E-state index in [1.807, 2.05) is 0 Å². The fourth-order valence-corrected chi connectivity index (χ4v) is 2.50. The summed E-state index contributed by atoms with van der Waals surface area (Å²) in [5, 5.41) is 18.1. The average molecular weight is 214 g/mol. The molecule has 0 aromatic carbocycles. The maximum Gasteiger partial charge on any atom is 0.136 e. The summed E-state index contributed by atoms with van der Waals surface area (Å²) in [5.41, 5.74) is 0. The lowest BCUT2D eigenvalue weighted by molar-refractivity contribution is -0.127. The van der Waals surface area contributed by atoms with Gasteiger partial charge in [-0.05, 0) is 25.2 Å². The lowest BCUT2D eigenvalue weighted by Gasteiger charge is -2.28. The van der Waals surface area contributed by atoms with Gasteiger partial charge < -0.3 is 10.2 Å². The first-order valence-corrected chi connectivity index (χ1v) is 5.99. The summed E-state index contributed by atoms with van der Waals surface area (Å²) in [4.78, 5) is 11.6. The molecule has 3 unspecified atom stereocenters. The van der Waals surface area contributed by atoms with Crippen LogP contribution >= 0.6 is 0 Å². The smallest absolute Gasteiger partial charge is 0.136 e. The summed E-state index contributed by atoms with van der Waals surface area (Å²) < 4.78 is 0. The van der Waals surface area contributed by atoms with Crippen LogP contribution in [0.5, 0.6) is 0 Å². The molecule has 88 valence electrons. The Kier molecular flexibility index (Phi) is 5.26. The molecule has 15 heavy (non-hydrogen) atoms. The van der Waals surface area contributed by atoms with Crippen LogP contribution in [-0.4, -0.2) is 28.7 Å². The number of aliphatic hydroxyl groups excluding tert-OH is 2. The van der Waals surface area contributed by atoms with Crippen molar-refractivity contribution < 1.29 is 15.0 Å². The molecule has 0 saturated heterocycles. The standard InChI is InChI=1S/C12H22O3/c1-2-3-9-4-5-12(15)10(6-9)7-11(14)8-13/h9-11,13-14H,2-8H2,1H3. The van der Waals surface area contributed by atoms with E-state index in [-0.39, 0.29) is 18.3 Å². The van der Waals surface area contributed by atoms with Gasteiger partial charge in [-0.25, -0.2) is 0 Å². The van der Waals surface area contributed by atoms with Gasteiger partial charge in [-0.1, -0.05) is 19.8 Å². The quantitative estimate of drug-likeness (QED) is 0.729. The van der Waals surface area contributed by atoms with Crippen molar-refractivity contribution in [2.45, 2.75) is 51.6 Å². The summed E-state index contributed by atoms with van der Waals surface area (Å²) in [5.74, 6) is 0.899. The number of carbonyl (C=O) groups is 1. The van der Waals surface area contributed by atoms with Crippen LogP contribution in [0.3, 0.4) is 0 Å². The Labute approximate surface area is 91.5 Å². The summed E-state index contributed by atoms with van der Waals surface area (Å²) in [6, 6.07) is 0. The first kappa shape index (κ1) is 12.7. The SMILES string of the molecule is CCCC1CCC(=O)C(CC(O)CO)C1. The lowest BCUT2D eigenvalue weighted by atomic mass is 9.76. The fraction of sp³-hybridized carbons (Fsp3) is 0.917. The predicted molar refractivity (Wildman–Crippen MR) is 58.5 cm³/mol. The first-order valence-electron chi connectivity index (χ1n) is 5.99. The molecule has 0 bridgehead atoms. The largest absolute Gasteiger partial charge is 0.394 e. The molecule has 2 N–H and O–H groups in total. The second-order valence-corrected chi connectivity index (χ2v) is 4.66. The molecule has 3 nitrogen and oxygen atoms in total. The maximum atomic E-state index is 11.6. The Balaban J connectivity index is 2.42. The summed E-state index contributed by atoms with van der Waals surface area (Å²) in [7, 11) is 0. The number of rotatable bonds is 5. The molecule has 0 amide bonds. The molecule has 0 spiro atoms. The molecule has 3 heteroatoms. The van der Waals surface area contributed by atoms with E-state index in [0.29, 0.717) is 18.8 Å². The van der Waals surface area contributed by atoms with Crippen molar-refractivity contribution in [1.29, 1.82) is 0 Å². The van der Waals surface area contributed by atoms with E-state index >= 15 is 0 Å². The van der Waals surface area contributed by atoms with Crippen LogP contribution in [0, 0.1) is 11.8 Å². The molecule has 0 radical (unpaired) electrons. The van der Waals surface area contributed by atoms with Crippen molar-refractivity contribution >= 4 is 5.78 Å². The summed E-state index contributed by atoms with van der Waals surface area (Å²) in [6.45, 7) is 1.93. The number of hydrogen-bond donors (Lipinski definition) is 2. The minimum absolute atomic E-state index is 0.0163. The topological polar surface area (TPSA) is 57.5 Å². The first-order chi connectivity index (χ1) is 7.17. The van der Waals surface area contributed by atoms with Crippen LogP contribution in [0.4, 0.5) is 0 Å². The predicted octanol–water partition coefficient (Wildman–Crippen LogP) is 1.52. The van der Waals surface area contributed by atoms with E-state index in [1.165, 1.54) is 6.42 Å². The van der Waals surface area contributed by atoms with Gasteiger partial charge in [0.05, 0.1) is 12.7 Å². The van der Waals surface area contributed by atoms with Crippen molar-refractivity contribution in [2.75, 3.05) is 6.61 Å². The molecule has 1 aliphatic carbocycles. The fourth-order valence-electron chi connectivity index (χ4n) is 2.50. The van der Waals surface area contributed by atoms with E-state index in [2.05, 4.69) is 6.92 Å². The summed E-state index contributed by atoms with van der Waals surface area (Å²) >= 11 is 0. The zero-order valence-electron chi connectivity index (χ0n) is 9.48. The third-order valence-electron chi connectivity index (χ3n) is 3.34.